The van der Waals surface area contributed by atoms with E-state index in [1.807, 2.05) is 30.5 Å². The van der Waals surface area contributed by atoms with Crippen LogP contribution in [-0.4, -0.2) is 41.5 Å². The fourth-order valence-electron chi connectivity index (χ4n) is 4.76. The van der Waals surface area contributed by atoms with Crippen molar-refractivity contribution in [3.63, 3.8) is 0 Å². The Kier molecular flexibility index (Phi) is 6.58. The molecule has 1 amide bonds. The van der Waals surface area contributed by atoms with Crippen molar-refractivity contribution in [3.05, 3.63) is 71.7 Å². The summed E-state index contributed by atoms with van der Waals surface area (Å²) >= 11 is 0. The number of amides is 1. The van der Waals surface area contributed by atoms with Crippen LogP contribution in [0, 0.1) is 11.2 Å². The summed E-state index contributed by atoms with van der Waals surface area (Å²) in [6.45, 7) is 2.88. The molecule has 1 aliphatic heterocycles. The smallest absolute Gasteiger partial charge is 0.314 e. The molecule has 6 heteroatoms. The monoisotopic (exact) mass is 436 g/mol. The van der Waals surface area contributed by atoms with Crippen LogP contribution in [0.25, 0.3) is 10.9 Å². The van der Waals surface area contributed by atoms with E-state index in [-0.39, 0.29) is 37.3 Å². The van der Waals surface area contributed by atoms with Gasteiger partial charge in [-0.1, -0.05) is 36.4 Å². The van der Waals surface area contributed by atoms with Gasteiger partial charge in [-0.3, -0.25) is 9.59 Å². The number of likely N-dealkylation sites (tertiary alicyclic amines) is 1. The number of fused-ring (bicyclic) bond motifs is 1. The molecular weight excluding hydrogens is 407 g/mol. The molecule has 2 heterocycles. The van der Waals surface area contributed by atoms with E-state index in [4.69, 9.17) is 4.74 Å². The summed E-state index contributed by atoms with van der Waals surface area (Å²) in [6.07, 6.45) is 4.43. The van der Waals surface area contributed by atoms with Gasteiger partial charge >= 0.3 is 5.97 Å². The predicted octanol–water partition coefficient (Wildman–Crippen LogP) is 4.65. The molecule has 1 fully saturated rings. The summed E-state index contributed by atoms with van der Waals surface area (Å²) in [4.78, 5) is 31.1. The van der Waals surface area contributed by atoms with Crippen molar-refractivity contribution in [2.24, 2.45) is 5.41 Å². The number of nitrogens with zero attached hydrogens (tertiary/aromatic N) is 1. The molecular formula is C26H29FN2O3. The number of para-hydroxylation sites is 1. The molecule has 1 saturated heterocycles. The molecule has 1 unspecified atom stereocenters. The molecule has 0 spiro atoms. The van der Waals surface area contributed by atoms with Crippen molar-refractivity contribution in [1.82, 2.24) is 9.88 Å². The lowest BCUT2D eigenvalue weighted by atomic mass is 9.74. The number of esters is 1. The van der Waals surface area contributed by atoms with Crippen molar-refractivity contribution >= 4 is 22.8 Å². The van der Waals surface area contributed by atoms with Gasteiger partial charge in [0.15, 0.2) is 0 Å². The molecule has 0 bridgehead atoms. The van der Waals surface area contributed by atoms with E-state index in [9.17, 15) is 14.0 Å². The van der Waals surface area contributed by atoms with Crippen molar-refractivity contribution < 1.29 is 18.7 Å². The highest BCUT2D eigenvalue weighted by atomic mass is 19.1. The standard InChI is InChI=1S/C26H29FN2O3/c1-2-32-25(31)26(16-19-8-3-5-10-22(19)27)14-7-15-29(18-26)24(30)13-12-20-17-28-23-11-6-4-9-21(20)23/h3-6,8-11,17,28H,2,7,12-16,18H2,1H3. The molecule has 4 rings (SSSR count). The zero-order chi connectivity index (χ0) is 22.6. The Balaban J connectivity index is 1.49. The number of nitrogens with one attached hydrogen (secondary N) is 1. The van der Waals surface area contributed by atoms with Crippen LogP contribution >= 0.6 is 0 Å². The first-order chi connectivity index (χ1) is 15.5. The van der Waals surface area contributed by atoms with Crippen molar-refractivity contribution in [1.29, 1.82) is 0 Å². The van der Waals surface area contributed by atoms with Gasteiger partial charge in [0.25, 0.3) is 0 Å². The second-order valence-corrected chi connectivity index (χ2v) is 8.55. The van der Waals surface area contributed by atoms with Crippen molar-refractivity contribution in [2.45, 2.75) is 39.0 Å². The second-order valence-electron chi connectivity index (χ2n) is 8.55. The van der Waals surface area contributed by atoms with Crippen LogP contribution < -0.4 is 0 Å². The zero-order valence-corrected chi connectivity index (χ0v) is 18.4. The van der Waals surface area contributed by atoms with E-state index < -0.39 is 5.41 Å². The number of carbonyl (C=O) groups is 2. The number of hydrogen-bond donors (Lipinski definition) is 1. The lowest BCUT2D eigenvalue weighted by Gasteiger charge is -2.41. The van der Waals surface area contributed by atoms with Gasteiger partial charge in [-0.15, -0.1) is 0 Å². The Morgan fingerprint density at radius 1 is 1.12 bits per heavy atom. The van der Waals surface area contributed by atoms with Crippen molar-refractivity contribution in [2.75, 3.05) is 19.7 Å². The molecule has 1 aliphatic rings. The maximum absolute atomic E-state index is 14.4. The van der Waals surface area contributed by atoms with E-state index in [0.29, 0.717) is 37.8 Å². The lowest BCUT2D eigenvalue weighted by molar-refractivity contribution is -0.160. The fraction of sp³-hybridized carbons (Fsp3) is 0.385. The Morgan fingerprint density at radius 3 is 2.72 bits per heavy atom. The molecule has 1 atom stereocenters. The quantitative estimate of drug-likeness (QED) is 0.548. The molecule has 1 aromatic heterocycles. The number of hydrogen-bond acceptors (Lipinski definition) is 3. The number of ether oxygens (including phenoxy) is 1. The van der Waals surface area contributed by atoms with Crippen LogP contribution in [-0.2, 0) is 27.2 Å². The minimum atomic E-state index is -0.924. The summed E-state index contributed by atoms with van der Waals surface area (Å²) in [5.74, 6) is -0.673. The Labute approximate surface area is 187 Å². The maximum atomic E-state index is 14.4. The topological polar surface area (TPSA) is 62.4 Å². The first-order valence-electron chi connectivity index (χ1n) is 11.3. The van der Waals surface area contributed by atoms with Gasteiger partial charge in [-0.2, -0.15) is 0 Å². The first kappa shape index (κ1) is 22.1. The minimum absolute atomic E-state index is 0.0113. The number of rotatable bonds is 7. The maximum Gasteiger partial charge on any atom is 0.314 e. The summed E-state index contributed by atoms with van der Waals surface area (Å²) in [5, 5.41) is 1.12. The van der Waals surface area contributed by atoms with Gasteiger partial charge in [0.1, 0.15) is 5.82 Å². The van der Waals surface area contributed by atoms with E-state index in [1.54, 1.807) is 30.0 Å². The van der Waals surface area contributed by atoms with Crippen molar-refractivity contribution in [3.8, 4) is 0 Å². The predicted molar refractivity (Wildman–Crippen MR) is 122 cm³/mol. The summed E-state index contributed by atoms with van der Waals surface area (Å²) in [7, 11) is 0. The number of aromatic nitrogens is 1. The van der Waals surface area contributed by atoms with Crippen LogP contribution in [0.3, 0.4) is 0 Å². The summed E-state index contributed by atoms with van der Waals surface area (Å²) in [6, 6.07) is 14.5. The van der Waals surface area contributed by atoms with Crippen LogP contribution in [0.4, 0.5) is 4.39 Å². The van der Waals surface area contributed by atoms with Crippen LogP contribution in [0.2, 0.25) is 0 Å². The number of halogens is 1. The fourth-order valence-corrected chi connectivity index (χ4v) is 4.76. The second kappa shape index (κ2) is 9.55. The molecule has 5 nitrogen and oxygen atoms in total. The van der Waals surface area contributed by atoms with Gasteiger partial charge in [-0.25, -0.2) is 4.39 Å². The number of aryl methyl sites for hydroxylation is 1. The lowest BCUT2D eigenvalue weighted by Crippen LogP contribution is -2.51. The highest BCUT2D eigenvalue weighted by Gasteiger charge is 2.45. The normalized spacial score (nSPS) is 18.6. The molecule has 2 aromatic carbocycles. The Bertz CT molecular complexity index is 1110. The molecule has 0 saturated carbocycles. The Morgan fingerprint density at radius 2 is 1.91 bits per heavy atom. The van der Waals surface area contributed by atoms with Gasteiger partial charge in [0.2, 0.25) is 5.91 Å². The van der Waals surface area contributed by atoms with Gasteiger partial charge in [0.05, 0.1) is 12.0 Å². The number of H-pyrrole nitrogens is 1. The van der Waals surface area contributed by atoms with Gasteiger partial charge in [0, 0.05) is 36.6 Å². The van der Waals surface area contributed by atoms with Crippen LogP contribution in [0.5, 0.6) is 0 Å². The van der Waals surface area contributed by atoms with E-state index in [0.717, 1.165) is 16.5 Å². The largest absolute Gasteiger partial charge is 0.466 e. The highest BCUT2D eigenvalue weighted by molar-refractivity contribution is 5.85. The third kappa shape index (κ3) is 4.54. The SMILES string of the molecule is CCOC(=O)C1(Cc2ccccc2F)CCCN(C(=O)CCc2c[nH]c3ccccc23)C1. The third-order valence-electron chi connectivity index (χ3n) is 6.41. The molecule has 1 N–H and O–H groups in total. The minimum Gasteiger partial charge on any atom is -0.466 e. The van der Waals surface area contributed by atoms with Gasteiger partial charge < -0.3 is 14.6 Å². The molecule has 32 heavy (non-hydrogen) atoms. The number of piperidine rings is 1. The zero-order valence-electron chi connectivity index (χ0n) is 18.4. The first-order valence-corrected chi connectivity index (χ1v) is 11.3. The van der Waals surface area contributed by atoms with E-state index >= 15 is 0 Å². The molecule has 168 valence electrons. The van der Waals surface area contributed by atoms with Crippen LogP contribution in [0.15, 0.2) is 54.7 Å². The molecule has 0 radical (unpaired) electrons. The average Bonchev–Trinajstić information content (AvgIpc) is 3.22. The summed E-state index contributed by atoms with van der Waals surface area (Å²) in [5.41, 5.74) is 1.72. The number of aromatic amines is 1. The number of carbonyl (C=O) groups excluding carboxylic acids is 2. The van der Waals surface area contributed by atoms with E-state index in [1.165, 1.54) is 6.07 Å². The Hall–Kier alpha value is -3.15. The van der Waals surface area contributed by atoms with Gasteiger partial charge in [-0.05, 0) is 55.9 Å². The summed E-state index contributed by atoms with van der Waals surface area (Å²) < 4.78 is 19.8. The average molecular weight is 437 g/mol. The van der Waals surface area contributed by atoms with Crippen LogP contribution in [0.1, 0.15) is 37.3 Å². The molecule has 0 aliphatic carbocycles. The molecule has 3 aromatic rings. The highest BCUT2D eigenvalue weighted by Crippen LogP contribution is 2.36. The number of benzene rings is 2. The third-order valence-corrected chi connectivity index (χ3v) is 6.41. The van der Waals surface area contributed by atoms with E-state index in [2.05, 4.69) is 4.98 Å².